The molecule has 0 radical (unpaired) electrons. The van der Waals surface area contributed by atoms with E-state index >= 15 is 4.39 Å². The Balaban J connectivity index is 1.21. The van der Waals surface area contributed by atoms with Crippen molar-refractivity contribution in [2.75, 3.05) is 5.32 Å². The molecule has 1 fully saturated rings. The second kappa shape index (κ2) is 12.9. The first-order valence-corrected chi connectivity index (χ1v) is 15.4. The number of anilines is 2. The number of nitrogens with zero attached hydrogens (tertiary/aromatic N) is 5. The van der Waals surface area contributed by atoms with Crippen molar-refractivity contribution >= 4 is 40.5 Å². The number of hydrogen-bond donors (Lipinski definition) is 1. The van der Waals surface area contributed by atoms with Crippen molar-refractivity contribution in [1.29, 1.82) is 5.26 Å². The Kier molecular flexibility index (Phi) is 8.60. The fourth-order valence-electron chi connectivity index (χ4n) is 6.40. The molecule has 0 saturated carbocycles. The molecule has 2 aliphatic rings. The van der Waals surface area contributed by atoms with E-state index in [9.17, 15) is 5.26 Å². The molecule has 0 atom stereocenters. The number of nitriles is 1. The molecule has 6 rings (SSSR count). The number of fused-ring (bicyclic) bond motifs is 1. The molecule has 0 spiro atoms. The number of hydrogen-bond acceptors (Lipinski definition) is 6. The Morgan fingerprint density at radius 3 is 2.58 bits per heavy atom. The molecule has 1 aromatic heterocycles. The third-order valence-corrected chi connectivity index (χ3v) is 8.73. The van der Waals surface area contributed by atoms with E-state index in [0.717, 1.165) is 90.2 Å². The van der Waals surface area contributed by atoms with Gasteiger partial charge in [-0.3, -0.25) is 0 Å². The molecule has 4 aromatic rings. The molecule has 1 saturated heterocycles. The maximum absolute atomic E-state index is 15.5. The third-order valence-electron chi connectivity index (χ3n) is 8.73. The van der Waals surface area contributed by atoms with Crippen molar-refractivity contribution in [2.45, 2.75) is 71.4 Å². The lowest BCUT2D eigenvalue weighted by Crippen LogP contribution is -2.21. The molecule has 0 bridgehead atoms. The molecule has 2 aliphatic heterocycles. The van der Waals surface area contributed by atoms with Crippen LogP contribution in [0.2, 0.25) is 12.6 Å². The van der Waals surface area contributed by atoms with Gasteiger partial charge in [-0.25, -0.2) is 19.6 Å². The van der Waals surface area contributed by atoms with E-state index in [1.807, 2.05) is 25.1 Å². The zero-order valence-electron chi connectivity index (χ0n) is 24.9. The maximum atomic E-state index is 15.5. The molecular weight excluding hydrogens is 534 g/mol. The van der Waals surface area contributed by atoms with Gasteiger partial charge < -0.3 is 5.32 Å². The lowest BCUT2D eigenvalue weighted by atomic mass is 9.41. The van der Waals surface area contributed by atoms with Crippen LogP contribution in [0, 0.1) is 23.0 Å². The predicted molar refractivity (Wildman–Crippen MR) is 174 cm³/mol. The molecule has 6 nitrogen and oxygen atoms in total. The van der Waals surface area contributed by atoms with Crippen LogP contribution in [0.3, 0.4) is 0 Å². The molecule has 3 aromatic carbocycles. The largest absolute Gasteiger partial charge is 0.337 e. The SMILES string of the molecule is CCCc1cc2ncnc(Nc3ccc(Cc4cccc(C5=NN=C(C)C5)c4)cc3F)c2cc1CC1CCB(C#N)CC1. The summed E-state index contributed by atoms with van der Waals surface area (Å²) in [5.74, 6) is 3.31. The van der Waals surface area contributed by atoms with Gasteiger partial charge >= 0.3 is 0 Å². The standard InChI is InChI=1S/C35H36BFN6/c1-3-5-27-20-34-30(19-29(27)16-24-10-12-36(21-38)13-11-24)35(40-22-39-34)41-32-9-8-26(18-31(32)37)15-25-6-4-7-28(17-25)33-14-23(2)42-43-33/h4,6-9,17-20,22,24H,3,5,10-16H2,1-2H3,(H,39,40,41). The van der Waals surface area contributed by atoms with Gasteiger partial charge in [0.2, 0.25) is 0 Å². The van der Waals surface area contributed by atoms with Crippen molar-refractivity contribution in [1.82, 2.24) is 9.97 Å². The van der Waals surface area contributed by atoms with Crippen LogP contribution in [0.1, 0.15) is 67.3 Å². The monoisotopic (exact) mass is 570 g/mol. The van der Waals surface area contributed by atoms with Crippen LogP contribution < -0.4 is 5.32 Å². The van der Waals surface area contributed by atoms with E-state index in [1.54, 1.807) is 18.5 Å². The van der Waals surface area contributed by atoms with E-state index in [0.29, 0.717) is 23.8 Å². The zero-order valence-corrected chi connectivity index (χ0v) is 24.9. The van der Waals surface area contributed by atoms with E-state index in [-0.39, 0.29) is 12.5 Å². The molecular formula is C35H36BFN6. The first-order valence-electron chi connectivity index (χ1n) is 15.4. The summed E-state index contributed by atoms with van der Waals surface area (Å²) in [6.45, 7) is 4.38. The minimum atomic E-state index is -0.318. The topological polar surface area (TPSA) is 86.3 Å². The Morgan fingerprint density at radius 2 is 1.84 bits per heavy atom. The van der Waals surface area contributed by atoms with Gasteiger partial charge in [-0.05, 0) is 90.3 Å². The first kappa shape index (κ1) is 28.7. The molecule has 0 unspecified atom stereocenters. The van der Waals surface area contributed by atoms with Crippen LogP contribution in [0.25, 0.3) is 10.9 Å². The van der Waals surface area contributed by atoms with Crippen LogP contribution in [0.4, 0.5) is 15.9 Å². The normalized spacial score (nSPS) is 15.3. The van der Waals surface area contributed by atoms with Gasteiger partial charge in [-0.2, -0.15) is 10.2 Å². The highest BCUT2D eigenvalue weighted by Gasteiger charge is 2.25. The van der Waals surface area contributed by atoms with Gasteiger partial charge in [0.15, 0.2) is 0 Å². The third kappa shape index (κ3) is 6.67. The van der Waals surface area contributed by atoms with Crippen molar-refractivity contribution in [3.8, 4) is 5.97 Å². The second-order valence-corrected chi connectivity index (χ2v) is 12.0. The molecule has 1 N–H and O–H groups in total. The first-order chi connectivity index (χ1) is 21.0. The number of benzene rings is 3. The molecule has 216 valence electrons. The fourth-order valence-corrected chi connectivity index (χ4v) is 6.40. The Hall–Kier alpha value is -4.38. The summed E-state index contributed by atoms with van der Waals surface area (Å²) in [6.07, 6.45) is 10.1. The van der Waals surface area contributed by atoms with Crippen LogP contribution in [0.15, 0.2) is 71.1 Å². The summed E-state index contributed by atoms with van der Waals surface area (Å²) in [4.78, 5) is 9.09. The summed E-state index contributed by atoms with van der Waals surface area (Å²) in [5.41, 5.74) is 8.93. The van der Waals surface area contributed by atoms with Crippen LogP contribution in [-0.2, 0) is 19.3 Å². The summed E-state index contributed by atoms with van der Waals surface area (Å²) < 4.78 is 15.5. The average molecular weight is 571 g/mol. The second-order valence-electron chi connectivity index (χ2n) is 12.0. The van der Waals surface area contributed by atoms with Crippen LogP contribution in [-0.4, -0.2) is 28.1 Å². The van der Waals surface area contributed by atoms with E-state index in [2.05, 4.69) is 62.6 Å². The van der Waals surface area contributed by atoms with Gasteiger partial charge in [0.25, 0.3) is 6.71 Å². The number of halogens is 1. The minimum absolute atomic E-state index is 0.199. The van der Waals surface area contributed by atoms with Crippen molar-refractivity contribution in [3.05, 3.63) is 94.6 Å². The molecule has 0 aliphatic carbocycles. The molecule has 3 heterocycles. The van der Waals surface area contributed by atoms with Crippen molar-refractivity contribution in [2.24, 2.45) is 16.1 Å². The average Bonchev–Trinajstić information content (AvgIpc) is 3.46. The number of aryl methyl sites for hydroxylation is 1. The smallest absolute Gasteiger partial charge is 0.267 e. The number of aromatic nitrogens is 2. The van der Waals surface area contributed by atoms with E-state index < -0.39 is 0 Å². The number of nitrogens with one attached hydrogen (secondary N) is 1. The maximum Gasteiger partial charge on any atom is 0.267 e. The van der Waals surface area contributed by atoms with Gasteiger partial charge in [0.05, 0.1) is 16.9 Å². The van der Waals surface area contributed by atoms with Crippen LogP contribution >= 0.6 is 0 Å². The highest BCUT2D eigenvalue weighted by atomic mass is 19.1. The van der Waals surface area contributed by atoms with Gasteiger partial charge in [-0.1, -0.05) is 63.1 Å². The van der Waals surface area contributed by atoms with Crippen molar-refractivity contribution < 1.29 is 4.39 Å². The predicted octanol–water partition coefficient (Wildman–Crippen LogP) is 8.13. The van der Waals surface area contributed by atoms with Gasteiger partial charge in [-0.15, -0.1) is 0 Å². The lowest BCUT2D eigenvalue weighted by Gasteiger charge is -2.24. The Morgan fingerprint density at radius 1 is 1.00 bits per heavy atom. The van der Waals surface area contributed by atoms with E-state index in [4.69, 9.17) is 0 Å². The molecule has 8 heteroatoms. The minimum Gasteiger partial charge on any atom is -0.337 e. The summed E-state index contributed by atoms with van der Waals surface area (Å²) in [5, 5.41) is 21.9. The summed E-state index contributed by atoms with van der Waals surface area (Å²) >= 11 is 0. The number of rotatable bonds is 9. The van der Waals surface area contributed by atoms with Crippen molar-refractivity contribution in [3.63, 3.8) is 0 Å². The molecule has 43 heavy (non-hydrogen) atoms. The highest BCUT2D eigenvalue weighted by Crippen LogP contribution is 2.33. The van der Waals surface area contributed by atoms with Gasteiger partial charge in [0.1, 0.15) is 18.0 Å². The van der Waals surface area contributed by atoms with Crippen LogP contribution in [0.5, 0.6) is 0 Å². The van der Waals surface area contributed by atoms with E-state index in [1.165, 1.54) is 11.1 Å². The van der Waals surface area contributed by atoms with Gasteiger partial charge in [0, 0.05) is 23.5 Å². The quantitative estimate of drug-likeness (QED) is 0.206. The summed E-state index contributed by atoms with van der Waals surface area (Å²) in [7, 11) is 0. The Labute approximate surface area is 253 Å². The Bertz CT molecular complexity index is 1750. The lowest BCUT2D eigenvalue weighted by molar-refractivity contribution is 0.469. The fraction of sp³-hybridized carbons (Fsp3) is 0.343. The zero-order chi connectivity index (χ0) is 29.8. The molecule has 0 amide bonds. The highest BCUT2D eigenvalue weighted by molar-refractivity contribution is 6.67. The summed E-state index contributed by atoms with van der Waals surface area (Å²) in [6, 6.07) is 18.0.